The number of sulfonamides is 1. The summed E-state index contributed by atoms with van der Waals surface area (Å²) in [5.74, 6) is 0.352. The molecule has 1 heterocycles. The number of benzene rings is 1. The zero-order chi connectivity index (χ0) is 13.9. The summed E-state index contributed by atoms with van der Waals surface area (Å²) < 4.78 is 32.3. The molecule has 3 N–H and O–H groups in total. The molecule has 0 amide bonds. The van der Waals surface area contributed by atoms with Crippen LogP contribution in [0.2, 0.25) is 0 Å². The first-order chi connectivity index (χ1) is 8.97. The highest BCUT2D eigenvalue weighted by Gasteiger charge is 2.19. The molecule has 1 fully saturated rings. The molecule has 1 aromatic rings. The van der Waals surface area contributed by atoms with Gasteiger partial charge in [-0.1, -0.05) is 0 Å². The average molecular weight is 284 g/mol. The molecule has 106 valence electrons. The van der Waals surface area contributed by atoms with Crippen LogP contribution < -0.4 is 10.5 Å². The van der Waals surface area contributed by atoms with Gasteiger partial charge in [0.2, 0.25) is 10.0 Å². The van der Waals surface area contributed by atoms with E-state index in [4.69, 9.17) is 10.5 Å². The molecule has 1 aromatic carbocycles. The Morgan fingerprint density at radius 1 is 1.32 bits per heavy atom. The fraction of sp³-hybridized carbons (Fsp3) is 0.538. The fourth-order valence-electron chi connectivity index (χ4n) is 2.19. The molecule has 0 spiro atoms. The lowest BCUT2D eigenvalue weighted by molar-refractivity contribution is 0.0678. The van der Waals surface area contributed by atoms with Crippen molar-refractivity contribution in [2.24, 2.45) is 5.92 Å². The first-order valence-corrected chi connectivity index (χ1v) is 7.90. The summed E-state index contributed by atoms with van der Waals surface area (Å²) in [6.45, 7) is 3.71. The molecule has 0 aliphatic carbocycles. The van der Waals surface area contributed by atoms with Crippen LogP contribution >= 0.6 is 0 Å². The van der Waals surface area contributed by atoms with Gasteiger partial charge in [-0.15, -0.1) is 0 Å². The Morgan fingerprint density at radius 3 is 2.63 bits per heavy atom. The van der Waals surface area contributed by atoms with Gasteiger partial charge in [-0.2, -0.15) is 0 Å². The summed E-state index contributed by atoms with van der Waals surface area (Å²) in [6.07, 6.45) is 1.80. The van der Waals surface area contributed by atoms with Crippen molar-refractivity contribution in [3.63, 3.8) is 0 Å². The number of aryl methyl sites for hydroxylation is 1. The number of hydrogen-bond donors (Lipinski definition) is 2. The molecule has 1 saturated heterocycles. The van der Waals surface area contributed by atoms with E-state index in [0.717, 1.165) is 18.4 Å². The quantitative estimate of drug-likeness (QED) is 0.816. The van der Waals surface area contributed by atoms with Gasteiger partial charge in [0.05, 0.1) is 4.90 Å². The maximum Gasteiger partial charge on any atom is 0.240 e. The molecule has 0 bridgehead atoms. The Hall–Kier alpha value is -1.11. The number of rotatable bonds is 4. The van der Waals surface area contributed by atoms with Gasteiger partial charge in [-0.25, -0.2) is 13.1 Å². The minimum absolute atomic E-state index is 0.233. The van der Waals surface area contributed by atoms with Gasteiger partial charge in [0.1, 0.15) is 0 Å². The largest absolute Gasteiger partial charge is 0.399 e. The number of anilines is 1. The van der Waals surface area contributed by atoms with Crippen LogP contribution in [0, 0.1) is 12.8 Å². The van der Waals surface area contributed by atoms with Gasteiger partial charge in [0.25, 0.3) is 0 Å². The smallest absolute Gasteiger partial charge is 0.240 e. The molecule has 1 aliphatic rings. The van der Waals surface area contributed by atoms with Crippen LogP contribution in [0.25, 0.3) is 0 Å². The zero-order valence-corrected chi connectivity index (χ0v) is 11.9. The molecule has 1 aliphatic heterocycles. The third-order valence-corrected chi connectivity index (χ3v) is 4.69. The number of nitrogens with two attached hydrogens (primary N) is 1. The van der Waals surface area contributed by atoms with Crippen LogP contribution in [0.5, 0.6) is 0 Å². The van der Waals surface area contributed by atoms with Crippen molar-refractivity contribution in [3.05, 3.63) is 23.8 Å². The van der Waals surface area contributed by atoms with Crippen molar-refractivity contribution in [2.75, 3.05) is 25.5 Å². The summed E-state index contributed by atoms with van der Waals surface area (Å²) in [4.78, 5) is 0.233. The molecule has 0 atom stereocenters. The van der Waals surface area contributed by atoms with Crippen molar-refractivity contribution >= 4 is 15.7 Å². The van der Waals surface area contributed by atoms with Crippen LogP contribution in [0.4, 0.5) is 5.69 Å². The molecule has 0 unspecified atom stereocenters. The Bertz CT molecular complexity index is 517. The molecule has 6 heteroatoms. The highest BCUT2D eigenvalue weighted by molar-refractivity contribution is 7.89. The van der Waals surface area contributed by atoms with E-state index >= 15 is 0 Å². The Labute approximate surface area is 114 Å². The summed E-state index contributed by atoms with van der Waals surface area (Å²) in [6, 6.07) is 4.86. The lowest BCUT2D eigenvalue weighted by Gasteiger charge is -2.22. The van der Waals surface area contributed by atoms with Crippen molar-refractivity contribution < 1.29 is 13.2 Å². The van der Waals surface area contributed by atoms with E-state index in [1.165, 1.54) is 6.07 Å². The average Bonchev–Trinajstić information content (AvgIpc) is 2.37. The molecular formula is C13H20N2O3S. The third kappa shape index (κ3) is 3.92. The van der Waals surface area contributed by atoms with Gasteiger partial charge in [-0.05, 0) is 49.4 Å². The van der Waals surface area contributed by atoms with E-state index in [0.29, 0.717) is 31.4 Å². The normalized spacial score (nSPS) is 17.5. The SMILES string of the molecule is Cc1cc(N)cc(S(=O)(=O)NCC2CCOCC2)c1. The summed E-state index contributed by atoms with van der Waals surface area (Å²) in [5, 5.41) is 0. The van der Waals surface area contributed by atoms with Gasteiger partial charge in [-0.3, -0.25) is 0 Å². The molecule has 5 nitrogen and oxygen atoms in total. The first-order valence-electron chi connectivity index (χ1n) is 6.42. The van der Waals surface area contributed by atoms with Crippen LogP contribution in [0.15, 0.2) is 23.1 Å². The second kappa shape index (κ2) is 5.90. The highest BCUT2D eigenvalue weighted by atomic mass is 32.2. The second-order valence-electron chi connectivity index (χ2n) is 4.99. The maximum atomic E-state index is 12.2. The van der Waals surface area contributed by atoms with E-state index < -0.39 is 10.0 Å². The van der Waals surface area contributed by atoms with Crippen LogP contribution in [-0.2, 0) is 14.8 Å². The minimum Gasteiger partial charge on any atom is -0.399 e. The number of nitrogens with one attached hydrogen (secondary N) is 1. The fourth-order valence-corrected chi connectivity index (χ4v) is 3.45. The van der Waals surface area contributed by atoms with Gasteiger partial charge in [0.15, 0.2) is 0 Å². The minimum atomic E-state index is -3.48. The molecule has 2 rings (SSSR count). The van der Waals surface area contributed by atoms with E-state index in [1.807, 2.05) is 6.92 Å². The first kappa shape index (κ1) is 14.3. The predicted molar refractivity (Wildman–Crippen MR) is 74.3 cm³/mol. The van der Waals surface area contributed by atoms with E-state index in [2.05, 4.69) is 4.72 Å². The monoisotopic (exact) mass is 284 g/mol. The highest BCUT2D eigenvalue weighted by Crippen LogP contribution is 2.18. The van der Waals surface area contributed by atoms with E-state index in [1.54, 1.807) is 12.1 Å². The van der Waals surface area contributed by atoms with Crippen LogP contribution in [0.1, 0.15) is 18.4 Å². The number of hydrogen-bond acceptors (Lipinski definition) is 4. The molecule has 19 heavy (non-hydrogen) atoms. The Kier molecular flexibility index (Phi) is 4.44. The summed E-state index contributed by atoms with van der Waals surface area (Å²) in [7, 11) is -3.48. The molecule has 0 saturated carbocycles. The maximum absolute atomic E-state index is 12.2. The van der Waals surface area contributed by atoms with Crippen molar-refractivity contribution in [1.82, 2.24) is 4.72 Å². The third-order valence-electron chi connectivity index (χ3n) is 3.29. The van der Waals surface area contributed by atoms with Crippen molar-refractivity contribution in [3.8, 4) is 0 Å². The second-order valence-corrected chi connectivity index (χ2v) is 6.75. The summed E-state index contributed by atoms with van der Waals surface area (Å²) in [5.41, 5.74) is 6.99. The molecule has 0 radical (unpaired) electrons. The van der Waals surface area contributed by atoms with Crippen LogP contribution in [-0.4, -0.2) is 28.2 Å². The predicted octanol–water partition coefficient (Wildman–Crippen LogP) is 1.28. The van der Waals surface area contributed by atoms with Gasteiger partial charge < -0.3 is 10.5 Å². The van der Waals surface area contributed by atoms with E-state index in [9.17, 15) is 8.42 Å². The molecule has 0 aromatic heterocycles. The van der Waals surface area contributed by atoms with Gasteiger partial charge >= 0.3 is 0 Å². The van der Waals surface area contributed by atoms with Crippen molar-refractivity contribution in [2.45, 2.75) is 24.7 Å². The summed E-state index contributed by atoms with van der Waals surface area (Å²) >= 11 is 0. The lowest BCUT2D eigenvalue weighted by Crippen LogP contribution is -2.32. The lowest BCUT2D eigenvalue weighted by atomic mass is 10.0. The Morgan fingerprint density at radius 2 is 2.00 bits per heavy atom. The van der Waals surface area contributed by atoms with Crippen molar-refractivity contribution in [1.29, 1.82) is 0 Å². The van der Waals surface area contributed by atoms with E-state index in [-0.39, 0.29) is 4.90 Å². The standard InChI is InChI=1S/C13H20N2O3S/c1-10-6-12(14)8-13(7-10)19(16,17)15-9-11-2-4-18-5-3-11/h6-8,11,15H,2-5,9,14H2,1H3. The Balaban J connectivity index is 2.04. The van der Waals surface area contributed by atoms with Crippen LogP contribution in [0.3, 0.4) is 0 Å². The zero-order valence-electron chi connectivity index (χ0n) is 11.1. The number of ether oxygens (including phenoxy) is 1. The number of nitrogen functional groups attached to an aromatic ring is 1. The topological polar surface area (TPSA) is 81.4 Å². The van der Waals surface area contributed by atoms with Gasteiger partial charge in [0, 0.05) is 25.4 Å². The molecular weight excluding hydrogens is 264 g/mol.